The van der Waals surface area contributed by atoms with Crippen molar-refractivity contribution in [3.05, 3.63) is 29.6 Å². The standard InChI is InChI=1S/C17H21N3O2S/c1-17(2,3)15-18-16(23-19-15)20-8-4-5-12(20)11-6-7-13-14(9-11)22-10-21-13/h6-7,9,12H,4-5,8,10H2,1-3H3. The number of ether oxygens (including phenoxy) is 2. The third-order valence-corrected chi connectivity index (χ3v) is 5.12. The van der Waals surface area contributed by atoms with Crippen molar-refractivity contribution in [1.82, 2.24) is 9.36 Å². The normalized spacial score (nSPS) is 20.3. The molecule has 2 aliphatic rings. The second-order valence-electron chi connectivity index (χ2n) is 7.11. The summed E-state index contributed by atoms with van der Waals surface area (Å²) in [5.41, 5.74) is 1.25. The van der Waals surface area contributed by atoms with Gasteiger partial charge in [0, 0.05) is 23.5 Å². The second kappa shape index (κ2) is 5.37. The number of hydrogen-bond acceptors (Lipinski definition) is 6. The molecule has 0 spiro atoms. The maximum absolute atomic E-state index is 5.52. The molecule has 2 aliphatic heterocycles. The van der Waals surface area contributed by atoms with Crippen molar-refractivity contribution >= 4 is 16.7 Å². The summed E-state index contributed by atoms with van der Waals surface area (Å²) in [6, 6.07) is 6.60. The summed E-state index contributed by atoms with van der Waals surface area (Å²) in [4.78, 5) is 7.17. The highest BCUT2D eigenvalue weighted by molar-refractivity contribution is 7.09. The summed E-state index contributed by atoms with van der Waals surface area (Å²) >= 11 is 1.51. The van der Waals surface area contributed by atoms with E-state index in [2.05, 4.69) is 42.2 Å². The molecule has 1 unspecified atom stereocenters. The molecule has 0 amide bonds. The summed E-state index contributed by atoms with van der Waals surface area (Å²) in [6.07, 6.45) is 2.30. The Morgan fingerprint density at radius 1 is 1.22 bits per heavy atom. The SMILES string of the molecule is CC(C)(C)c1nsc(N2CCCC2c2ccc3c(c2)OCO3)n1. The van der Waals surface area contributed by atoms with Gasteiger partial charge in [-0.15, -0.1) is 0 Å². The minimum atomic E-state index is -0.0112. The smallest absolute Gasteiger partial charge is 0.231 e. The number of nitrogens with zero attached hydrogens (tertiary/aromatic N) is 3. The van der Waals surface area contributed by atoms with Crippen molar-refractivity contribution in [3.63, 3.8) is 0 Å². The third-order valence-electron chi connectivity index (χ3n) is 4.37. The van der Waals surface area contributed by atoms with Crippen molar-refractivity contribution in [1.29, 1.82) is 0 Å². The average molecular weight is 331 g/mol. The van der Waals surface area contributed by atoms with E-state index in [0.29, 0.717) is 12.8 Å². The Morgan fingerprint density at radius 3 is 2.83 bits per heavy atom. The number of anilines is 1. The Hall–Kier alpha value is -1.82. The van der Waals surface area contributed by atoms with Gasteiger partial charge in [0.1, 0.15) is 5.82 Å². The first-order chi connectivity index (χ1) is 11.0. The van der Waals surface area contributed by atoms with E-state index < -0.39 is 0 Å². The van der Waals surface area contributed by atoms with E-state index >= 15 is 0 Å². The Labute approximate surface area is 140 Å². The fraction of sp³-hybridized carbons (Fsp3) is 0.529. The summed E-state index contributed by atoms with van der Waals surface area (Å²) in [5, 5.41) is 1.02. The highest BCUT2D eigenvalue weighted by Crippen LogP contribution is 2.41. The van der Waals surface area contributed by atoms with Crippen LogP contribution >= 0.6 is 11.5 Å². The molecule has 0 saturated carbocycles. The molecule has 4 rings (SSSR count). The molecule has 1 fully saturated rings. The van der Waals surface area contributed by atoms with Crippen molar-refractivity contribution < 1.29 is 9.47 Å². The van der Waals surface area contributed by atoms with Gasteiger partial charge in [-0.25, -0.2) is 4.98 Å². The van der Waals surface area contributed by atoms with Gasteiger partial charge in [-0.2, -0.15) is 4.37 Å². The lowest BCUT2D eigenvalue weighted by Gasteiger charge is -2.24. The Balaban J connectivity index is 1.63. The molecule has 23 heavy (non-hydrogen) atoms. The quantitative estimate of drug-likeness (QED) is 0.835. The zero-order valence-corrected chi connectivity index (χ0v) is 14.5. The first-order valence-corrected chi connectivity index (χ1v) is 8.80. The first-order valence-electron chi connectivity index (χ1n) is 8.03. The Bertz CT molecular complexity index is 723. The largest absolute Gasteiger partial charge is 0.454 e. The van der Waals surface area contributed by atoms with E-state index in [9.17, 15) is 0 Å². The van der Waals surface area contributed by atoms with Gasteiger partial charge in [0.15, 0.2) is 11.5 Å². The van der Waals surface area contributed by atoms with Crippen molar-refractivity contribution in [2.45, 2.75) is 45.1 Å². The van der Waals surface area contributed by atoms with Crippen molar-refractivity contribution in [2.75, 3.05) is 18.2 Å². The van der Waals surface area contributed by atoms with Crippen LogP contribution in [0.2, 0.25) is 0 Å². The lowest BCUT2D eigenvalue weighted by molar-refractivity contribution is 0.174. The predicted octanol–water partition coefficient (Wildman–Crippen LogP) is 3.91. The fourth-order valence-electron chi connectivity index (χ4n) is 3.10. The summed E-state index contributed by atoms with van der Waals surface area (Å²) in [5.74, 6) is 2.61. The van der Waals surface area contributed by atoms with Crippen LogP contribution in [-0.2, 0) is 5.41 Å². The van der Waals surface area contributed by atoms with Gasteiger partial charge < -0.3 is 14.4 Å². The van der Waals surface area contributed by atoms with Crippen LogP contribution in [0.4, 0.5) is 5.13 Å². The van der Waals surface area contributed by atoms with Crippen LogP contribution in [0.25, 0.3) is 0 Å². The molecule has 5 nitrogen and oxygen atoms in total. The molecule has 2 aromatic rings. The molecule has 6 heteroatoms. The summed E-state index contributed by atoms with van der Waals surface area (Å²) < 4.78 is 15.5. The van der Waals surface area contributed by atoms with Crippen LogP contribution in [0.1, 0.15) is 51.0 Å². The molecule has 3 heterocycles. The highest BCUT2D eigenvalue weighted by Gasteiger charge is 2.31. The minimum Gasteiger partial charge on any atom is -0.454 e. The Morgan fingerprint density at radius 2 is 2.04 bits per heavy atom. The third kappa shape index (κ3) is 2.65. The van der Waals surface area contributed by atoms with E-state index in [1.807, 2.05) is 6.07 Å². The molecule has 1 saturated heterocycles. The first kappa shape index (κ1) is 14.8. The van der Waals surface area contributed by atoms with Gasteiger partial charge in [0.2, 0.25) is 11.9 Å². The fourth-order valence-corrected chi connectivity index (χ4v) is 4.03. The maximum atomic E-state index is 5.52. The molecule has 1 aromatic heterocycles. The van der Waals surface area contributed by atoms with Gasteiger partial charge in [-0.1, -0.05) is 26.8 Å². The van der Waals surface area contributed by atoms with Crippen LogP contribution in [0, 0.1) is 0 Å². The number of fused-ring (bicyclic) bond motifs is 1. The van der Waals surface area contributed by atoms with Crippen LogP contribution in [0.5, 0.6) is 11.5 Å². The van der Waals surface area contributed by atoms with Gasteiger partial charge in [-0.3, -0.25) is 0 Å². The zero-order valence-electron chi connectivity index (χ0n) is 13.7. The molecule has 1 atom stereocenters. The zero-order chi connectivity index (χ0) is 16.0. The Kier molecular flexibility index (Phi) is 3.44. The van der Waals surface area contributed by atoms with Crippen LogP contribution in [0.3, 0.4) is 0 Å². The van der Waals surface area contributed by atoms with Crippen molar-refractivity contribution in [2.24, 2.45) is 0 Å². The number of aromatic nitrogens is 2. The second-order valence-corrected chi connectivity index (χ2v) is 7.84. The number of rotatable bonds is 2. The summed E-state index contributed by atoms with van der Waals surface area (Å²) in [7, 11) is 0. The molecule has 0 bridgehead atoms. The molecule has 1 aromatic carbocycles. The van der Waals surface area contributed by atoms with Crippen LogP contribution < -0.4 is 14.4 Å². The van der Waals surface area contributed by atoms with E-state index in [1.165, 1.54) is 23.5 Å². The topological polar surface area (TPSA) is 47.5 Å². The molecule has 0 aliphatic carbocycles. The van der Waals surface area contributed by atoms with Gasteiger partial charge in [0.25, 0.3) is 0 Å². The van der Waals surface area contributed by atoms with E-state index in [-0.39, 0.29) is 5.41 Å². The molecular weight excluding hydrogens is 310 g/mol. The molecule has 0 radical (unpaired) electrons. The van der Waals surface area contributed by atoms with Crippen LogP contribution in [-0.4, -0.2) is 22.7 Å². The lowest BCUT2D eigenvalue weighted by Crippen LogP contribution is -2.23. The van der Waals surface area contributed by atoms with E-state index in [0.717, 1.165) is 35.4 Å². The van der Waals surface area contributed by atoms with Gasteiger partial charge in [0.05, 0.1) is 6.04 Å². The van der Waals surface area contributed by atoms with Crippen molar-refractivity contribution in [3.8, 4) is 11.5 Å². The predicted molar refractivity (Wildman–Crippen MR) is 90.5 cm³/mol. The van der Waals surface area contributed by atoms with Gasteiger partial charge in [-0.05, 0) is 30.5 Å². The highest BCUT2D eigenvalue weighted by atomic mass is 32.1. The van der Waals surface area contributed by atoms with E-state index in [1.54, 1.807) is 0 Å². The monoisotopic (exact) mass is 331 g/mol. The van der Waals surface area contributed by atoms with E-state index in [4.69, 9.17) is 14.5 Å². The molecule has 0 N–H and O–H groups in total. The lowest BCUT2D eigenvalue weighted by atomic mass is 9.96. The van der Waals surface area contributed by atoms with Crippen LogP contribution in [0.15, 0.2) is 18.2 Å². The maximum Gasteiger partial charge on any atom is 0.231 e. The molecular formula is C17H21N3O2S. The average Bonchev–Trinajstić information content (AvgIpc) is 3.24. The molecule has 122 valence electrons. The summed E-state index contributed by atoms with van der Waals surface area (Å²) in [6.45, 7) is 7.80. The van der Waals surface area contributed by atoms with Gasteiger partial charge >= 0.3 is 0 Å². The minimum absolute atomic E-state index is 0.0112. The number of benzene rings is 1. The number of hydrogen-bond donors (Lipinski definition) is 0.